The fraction of sp³-hybridized carbons (Fsp3) is 0.217. The zero-order chi connectivity index (χ0) is 22.1. The third-order valence-corrected chi connectivity index (χ3v) is 5.39. The van der Waals surface area contributed by atoms with Gasteiger partial charge in [-0.25, -0.2) is 10.2 Å². The smallest absolute Gasteiger partial charge is 0.298 e. The molecule has 0 radical (unpaired) electrons. The number of fused-ring (bicyclic) bond motifs is 1. The fourth-order valence-corrected chi connectivity index (χ4v) is 3.46. The molecule has 2 aromatic heterocycles. The van der Waals surface area contributed by atoms with Crippen molar-refractivity contribution in [3.63, 3.8) is 0 Å². The number of benzene rings is 2. The number of anilines is 1. The second-order valence-corrected chi connectivity index (χ2v) is 7.61. The highest BCUT2D eigenvalue weighted by atomic mass is 16.2. The minimum atomic E-state index is -0.423. The van der Waals surface area contributed by atoms with Crippen LogP contribution in [0.2, 0.25) is 0 Å². The SMILES string of the molecule is Cc1ccc(/C=N/Nc2nc3c(c(=O)n(C)c(=O)n3C)n2Cc2ccccc2C)cc1. The largest absolute Gasteiger partial charge is 0.332 e. The Morgan fingerprint density at radius 1 is 1.00 bits per heavy atom. The van der Waals surface area contributed by atoms with Crippen LogP contribution in [0.3, 0.4) is 0 Å². The number of aryl methyl sites for hydroxylation is 3. The first kappa shape index (κ1) is 20.3. The van der Waals surface area contributed by atoms with Crippen molar-refractivity contribution in [2.24, 2.45) is 19.2 Å². The van der Waals surface area contributed by atoms with Crippen LogP contribution in [0.4, 0.5) is 5.95 Å². The van der Waals surface area contributed by atoms with Gasteiger partial charge in [-0.1, -0.05) is 54.1 Å². The van der Waals surface area contributed by atoms with E-state index in [1.165, 1.54) is 17.2 Å². The standard InChI is InChI=1S/C23H24N6O2/c1-15-9-11-17(12-10-15)13-24-26-22-25-20-19(21(30)28(4)23(31)27(20)3)29(22)14-18-8-6-5-7-16(18)2/h5-13H,14H2,1-4H3,(H,25,26)/b24-13+. The summed E-state index contributed by atoms with van der Waals surface area (Å²) in [5.74, 6) is 0.389. The topological polar surface area (TPSA) is 86.2 Å². The third kappa shape index (κ3) is 3.79. The van der Waals surface area contributed by atoms with Crippen LogP contribution >= 0.6 is 0 Å². The number of rotatable bonds is 5. The number of hydrazone groups is 1. The van der Waals surface area contributed by atoms with Gasteiger partial charge in [0.2, 0.25) is 5.95 Å². The number of aromatic nitrogens is 4. The molecule has 0 aliphatic carbocycles. The Hall–Kier alpha value is -3.94. The van der Waals surface area contributed by atoms with Crippen LogP contribution in [0, 0.1) is 13.8 Å². The van der Waals surface area contributed by atoms with Crippen LogP contribution in [-0.4, -0.2) is 24.9 Å². The van der Waals surface area contributed by atoms with E-state index in [1.807, 2.05) is 62.4 Å². The second-order valence-electron chi connectivity index (χ2n) is 7.61. The summed E-state index contributed by atoms with van der Waals surface area (Å²) < 4.78 is 4.24. The molecule has 0 aliphatic rings. The van der Waals surface area contributed by atoms with Crippen molar-refractivity contribution in [1.29, 1.82) is 0 Å². The molecule has 4 rings (SSSR count). The van der Waals surface area contributed by atoms with Gasteiger partial charge in [-0.05, 0) is 30.5 Å². The lowest BCUT2D eigenvalue weighted by Gasteiger charge is -2.11. The number of hydrogen-bond donors (Lipinski definition) is 1. The highest BCUT2D eigenvalue weighted by molar-refractivity contribution is 5.80. The summed E-state index contributed by atoms with van der Waals surface area (Å²) in [5, 5.41) is 4.31. The molecule has 0 spiro atoms. The fourth-order valence-electron chi connectivity index (χ4n) is 3.46. The Kier molecular flexibility index (Phi) is 5.29. The molecule has 8 nitrogen and oxygen atoms in total. The molecule has 2 aromatic carbocycles. The summed E-state index contributed by atoms with van der Waals surface area (Å²) in [6, 6.07) is 15.9. The molecule has 0 amide bonds. The number of hydrogen-bond acceptors (Lipinski definition) is 5. The van der Waals surface area contributed by atoms with Crippen molar-refractivity contribution in [3.05, 3.63) is 91.6 Å². The van der Waals surface area contributed by atoms with Crippen LogP contribution in [-0.2, 0) is 20.6 Å². The highest BCUT2D eigenvalue weighted by Crippen LogP contribution is 2.19. The second kappa shape index (κ2) is 8.06. The average Bonchev–Trinajstić information content (AvgIpc) is 3.12. The lowest BCUT2D eigenvalue weighted by atomic mass is 10.1. The molecule has 0 aliphatic heterocycles. The number of nitrogens with zero attached hydrogens (tertiary/aromatic N) is 5. The molecule has 8 heteroatoms. The van der Waals surface area contributed by atoms with Crippen molar-refractivity contribution >= 4 is 23.3 Å². The van der Waals surface area contributed by atoms with Crippen molar-refractivity contribution in [3.8, 4) is 0 Å². The molecule has 0 saturated carbocycles. The van der Waals surface area contributed by atoms with Crippen molar-refractivity contribution < 1.29 is 0 Å². The molecule has 158 valence electrons. The monoisotopic (exact) mass is 416 g/mol. The minimum Gasteiger partial charge on any atom is -0.298 e. The van der Waals surface area contributed by atoms with Gasteiger partial charge >= 0.3 is 5.69 Å². The van der Waals surface area contributed by atoms with Crippen LogP contribution in [0.5, 0.6) is 0 Å². The van der Waals surface area contributed by atoms with Gasteiger partial charge in [0.25, 0.3) is 5.56 Å². The van der Waals surface area contributed by atoms with Gasteiger partial charge in [-0.2, -0.15) is 10.1 Å². The Morgan fingerprint density at radius 3 is 2.42 bits per heavy atom. The van der Waals surface area contributed by atoms with E-state index >= 15 is 0 Å². The van der Waals surface area contributed by atoms with Crippen molar-refractivity contribution in [2.45, 2.75) is 20.4 Å². The van der Waals surface area contributed by atoms with Crippen molar-refractivity contribution in [2.75, 3.05) is 5.43 Å². The maximum atomic E-state index is 13.0. The lowest BCUT2D eigenvalue weighted by molar-refractivity contribution is 0.702. The first-order valence-electron chi connectivity index (χ1n) is 9.93. The van der Waals surface area contributed by atoms with Gasteiger partial charge in [0, 0.05) is 14.1 Å². The molecular formula is C23H24N6O2. The Morgan fingerprint density at radius 2 is 1.71 bits per heavy atom. The molecular weight excluding hydrogens is 392 g/mol. The number of imidazole rings is 1. The predicted molar refractivity (Wildman–Crippen MR) is 123 cm³/mol. The van der Waals surface area contributed by atoms with E-state index in [1.54, 1.807) is 17.8 Å². The normalized spacial score (nSPS) is 11.5. The molecule has 0 atom stereocenters. The Balaban J connectivity index is 1.83. The predicted octanol–water partition coefficient (Wildman–Crippen LogP) is 2.54. The Bertz CT molecular complexity index is 1410. The molecule has 31 heavy (non-hydrogen) atoms. The maximum Gasteiger partial charge on any atom is 0.332 e. The van der Waals surface area contributed by atoms with Gasteiger partial charge in [-0.15, -0.1) is 0 Å². The zero-order valence-electron chi connectivity index (χ0n) is 18.0. The summed E-state index contributed by atoms with van der Waals surface area (Å²) in [6.45, 7) is 4.46. The molecule has 0 unspecified atom stereocenters. The first-order chi connectivity index (χ1) is 14.9. The molecule has 0 bridgehead atoms. The average molecular weight is 416 g/mol. The van der Waals surface area contributed by atoms with Gasteiger partial charge in [0.1, 0.15) is 0 Å². The van der Waals surface area contributed by atoms with Crippen molar-refractivity contribution in [1.82, 2.24) is 18.7 Å². The van der Waals surface area contributed by atoms with E-state index in [0.29, 0.717) is 23.7 Å². The lowest BCUT2D eigenvalue weighted by Crippen LogP contribution is -2.37. The maximum absolute atomic E-state index is 13.0. The van der Waals surface area contributed by atoms with E-state index in [0.717, 1.165) is 21.3 Å². The molecule has 1 N–H and O–H groups in total. The Labute approximate surface area is 179 Å². The van der Waals surface area contributed by atoms with E-state index in [9.17, 15) is 9.59 Å². The zero-order valence-corrected chi connectivity index (χ0v) is 18.0. The molecule has 0 fully saturated rings. The van der Waals surface area contributed by atoms with Gasteiger partial charge in [0.15, 0.2) is 11.2 Å². The van der Waals surface area contributed by atoms with E-state index < -0.39 is 11.2 Å². The molecule has 0 saturated heterocycles. The minimum absolute atomic E-state index is 0.315. The summed E-state index contributed by atoms with van der Waals surface area (Å²) in [4.78, 5) is 29.9. The van der Waals surface area contributed by atoms with Gasteiger partial charge in [0.05, 0.1) is 12.8 Å². The van der Waals surface area contributed by atoms with E-state index in [4.69, 9.17) is 0 Å². The van der Waals surface area contributed by atoms with Gasteiger partial charge in [-0.3, -0.25) is 18.5 Å². The molecule has 4 aromatic rings. The summed E-state index contributed by atoms with van der Waals surface area (Å²) in [6.07, 6.45) is 1.69. The number of nitrogens with one attached hydrogen (secondary N) is 1. The summed E-state index contributed by atoms with van der Waals surface area (Å²) in [7, 11) is 3.08. The third-order valence-electron chi connectivity index (χ3n) is 5.39. The highest BCUT2D eigenvalue weighted by Gasteiger charge is 2.19. The molecule has 2 heterocycles. The van der Waals surface area contributed by atoms with Crippen LogP contribution in [0.25, 0.3) is 11.2 Å². The van der Waals surface area contributed by atoms with Crippen LogP contribution in [0.1, 0.15) is 22.3 Å². The summed E-state index contributed by atoms with van der Waals surface area (Å²) >= 11 is 0. The first-order valence-corrected chi connectivity index (χ1v) is 9.93. The van der Waals surface area contributed by atoms with E-state index in [-0.39, 0.29) is 0 Å². The van der Waals surface area contributed by atoms with Gasteiger partial charge < -0.3 is 0 Å². The summed E-state index contributed by atoms with van der Waals surface area (Å²) in [5.41, 5.74) is 7.05. The quantitative estimate of drug-likeness (QED) is 0.400. The van der Waals surface area contributed by atoms with Crippen LogP contribution < -0.4 is 16.7 Å². The van der Waals surface area contributed by atoms with Crippen LogP contribution in [0.15, 0.2) is 63.2 Å². The van der Waals surface area contributed by atoms with E-state index in [2.05, 4.69) is 15.5 Å².